The molecule has 0 aliphatic heterocycles. The van der Waals surface area contributed by atoms with E-state index < -0.39 is 0 Å². The van der Waals surface area contributed by atoms with Crippen LogP contribution in [0.3, 0.4) is 0 Å². The molecule has 2 aromatic carbocycles. The normalized spacial score (nSPS) is 12.0. The van der Waals surface area contributed by atoms with Crippen LogP contribution < -0.4 is 5.32 Å². The summed E-state index contributed by atoms with van der Waals surface area (Å²) in [6.45, 7) is 6.21. The Morgan fingerprint density at radius 3 is 2.48 bits per heavy atom. The van der Waals surface area contributed by atoms with E-state index in [-0.39, 0.29) is 11.9 Å². The van der Waals surface area contributed by atoms with Gasteiger partial charge in [-0.2, -0.15) is 0 Å². The summed E-state index contributed by atoms with van der Waals surface area (Å²) >= 11 is 7.52. The third-order valence-corrected chi connectivity index (χ3v) is 5.09. The monoisotopic (exact) mass is 347 g/mol. The maximum atomic E-state index is 12.1. The summed E-state index contributed by atoms with van der Waals surface area (Å²) < 4.78 is 0. The van der Waals surface area contributed by atoms with Crippen LogP contribution in [0.5, 0.6) is 0 Å². The van der Waals surface area contributed by atoms with Crippen molar-refractivity contribution >= 4 is 29.3 Å². The predicted molar refractivity (Wildman–Crippen MR) is 99.3 cm³/mol. The molecule has 4 heteroatoms. The first-order valence-electron chi connectivity index (χ1n) is 7.70. The fourth-order valence-electron chi connectivity index (χ4n) is 2.22. The lowest BCUT2D eigenvalue weighted by Gasteiger charge is -2.15. The molecular formula is C19H22ClNOS. The van der Waals surface area contributed by atoms with Gasteiger partial charge in [-0.15, -0.1) is 11.8 Å². The fraction of sp³-hybridized carbons (Fsp3) is 0.316. The molecule has 0 aliphatic rings. The Hall–Kier alpha value is -1.45. The Bertz CT molecular complexity index is 670. The van der Waals surface area contributed by atoms with Crippen LogP contribution in [-0.4, -0.2) is 11.7 Å². The van der Waals surface area contributed by atoms with Crippen molar-refractivity contribution < 1.29 is 4.79 Å². The molecule has 2 aromatic rings. The van der Waals surface area contributed by atoms with Crippen molar-refractivity contribution in [2.45, 2.75) is 38.1 Å². The molecule has 1 amide bonds. The van der Waals surface area contributed by atoms with Crippen molar-refractivity contribution in [2.24, 2.45) is 0 Å². The lowest BCUT2D eigenvalue weighted by atomic mass is 10.0. The summed E-state index contributed by atoms with van der Waals surface area (Å²) in [4.78, 5) is 13.2. The second-order valence-electron chi connectivity index (χ2n) is 5.69. The third-order valence-electron chi connectivity index (χ3n) is 3.82. The highest BCUT2D eigenvalue weighted by Gasteiger charge is 2.10. The molecule has 0 aromatic heterocycles. The van der Waals surface area contributed by atoms with E-state index in [4.69, 9.17) is 11.6 Å². The Balaban J connectivity index is 1.79. The van der Waals surface area contributed by atoms with Gasteiger partial charge in [0.2, 0.25) is 5.91 Å². The predicted octanol–water partition coefficient (Wildman–Crippen LogP) is 5.32. The highest BCUT2D eigenvalue weighted by Crippen LogP contribution is 2.21. The molecule has 0 saturated carbocycles. The van der Waals surface area contributed by atoms with Gasteiger partial charge in [-0.1, -0.05) is 29.8 Å². The Kier molecular flexibility index (Phi) is 6.55. The second-order valence-corrected chi connectivity index (χ2v) is 7.29. The van der Waals surface area contributed by atoms with Gasteiger partial charge in [0, 0.05) is 22.1 Å². The minimum absolute atomic E-state index is 0.0299. The zero-order valence-electron chi connectivity index (χ0n) is 13.7. The molecule has 0 fully saturated rings. The van der Waals surface area contributed by atoms with Crippen molar-refractivity contribution in [1.29, 1.82) is 0 Å². The smallest absolute Gasteiger partial charge is 0.221 e. The van der Waals surface area contributed by atoms with Gasteiger partial charge < -0.3 is 5.32 Å². The number of hydrogen-bond donors (Lipinski definition) is 1. The molecule has 0 spiro atoms. The number of aryl methyl sites for hydroxylation is 2. The van der Waals surface area contributed by atoms with Gasteiger partial charge in [0.1, 0.15) is 0 Å². The molecule has 1 atom stereocenters. The molecular weight excluding hydrogens is 326 g/mol. The number of nitrogens with one attached hydrogen (secondary N) is 1. The summed E-state index contributed by atoms with van der Waals surface area (Å²) in [5, 5.41) is 3.80. The average molecular weight is 348 g/mol. The highest BCUT2D eigenvalue weighted by atomic mass is 35.5. The largest absolute Gasteiger partial charge is 0.350 e. The van der Waals surface area contributed by atoms with Crippen molar-refractivity contribution in [3.63, 3.8) is 0 Å². The van der Waals surface area contributed by atoms with Gasteiger partial charge in [-0.25, -0.2) is 0 Å². The van der Waals surface area contributed by atoms with Gasteiger partial charge >= 0.3 is 0 Å². The lowest BCUT2D eigenvalue weighted by molar-refractivity contribution is -0.121. The number of carbonyl (C=O) groups is 1. The Morgan fingerprint density at radius 1 is 1.13 bits per heavy atom. The lowest BCUT2D eigenvalue weighted by Crippen LogP contribution is -2.26. The molecule has 23 heavy (non-hydrogen) atoms. The molecule has 0 radical (unpaired) electrons. The minimum atomic E-state index is 0.0299. The van der Waals surface area contributed by atoms with Gasteiger partial charge in [0.05, 0.1) is 6.04 Å². The van der Waals surface area contributed by atoms with Crippen LogP contribution >= 0.6 is 23.4 Å². The van der Waals surface area contributed by atoms with E-state index >= 15 is 0 Å². The van der Waals surface area contributed by atoms with Crippen LogP contribution in [0.4, 0.5) is 0 Å². The maximum absolute atomic E-state index is 12.1. The fourth-order valence-corrected chi connectivity index (χ4v) is 3.20. The summed E-state index contributed by atoms with van der Waals surface area (Å²) in [6.07, 6.45) is 0.502. The summed E-state index contributed by atoms with van der Waals surface area (Å²) in [5.41, 5.74) is 3.67. The third kappa shape index (κ3) is 5.60. The number of carbonyl (C=O) groups excluding carboxylic acids is 1. The molecule has 0 heterocycles. The first-order chi connectivity index (χ1) is 11.0. The summed E-state index contributed by atoms with van der Waals surface area (Å²) in [7, 11) is 0. The topological polar surface area (TPSA) is 29.1 Å². The number of thioether (sulfide) groups is 1. The van der Waals surface area contributed by atoms with E-state index in [1.54, 1.807) is 11.8 Å². The zero-order valence-corrected chi connectivity index (χ0v) is 15.3. The minimum Gasteiger partial charge on any atom is -0.350 e. The number of halogens is 1. The van der Waals surface area contributed by atoms with Crippen LogP contribution in [0.15, 0.2) is 47.4 Å². The molecule has 2 rings (SSSR count). The van der Waals surface area contributed by atoms with Crippen LogP contribution in [0.1, 0.15) is 36.1 Å². The van der Waals surface area contributed by atoms with E-state index in [0.29, 0.717) is 6.42 Å². The van der Waals surface area contributed by atoms with E-state index in [9.17, 15) is 4.79 Å². The second kappa shape index (κ2) is 8.42. The highest BCUT2D eigenvalue weighted by molar-refractivity contribution is 7.99. The van der Waals surface area contributed by atoms with Gasteiger partial charge in [-0.05, 0) is 61.7 Å². The molecule has 122 valence electrons. The molecule has 0 saturated heterocycles. The van der Waals surface area contributed by atoms with Crippen LogP contribution in [-0.2, 0) is 4.79 Å². The van der Waals surface area contributed by atoms with Crippen molar-refractivity contribution in [2.75, 3.05) is 5.75 Å². The van der Waals surface area contributed by atoms with Crippen molar-refractivity contribution in [3.8, 4) is 0 Å². The number of hydrogen-bond acceptors (Lipinski definition) is 2. The molecule has 0 aliphatic carbocycles. The molecule has 2 nitrogen and oxygen atoms in total. The standard InChI is InChI=1S/C19H22ClNOS/c1-13-4-5-16(12-14(13)2)15(3)21-19(22)10-11-23-18-8-6-17(20)7-9-18/h4-9,12,15H,10-11H2,1-3H3,(H,21,22)/t15-/m0/s1. The Labute approximate surface area is 147 Å². The SMILES string of the molecule is Cc1ccc([C@H](C)NC(=O)CCSc2ccc(Cl)cc2)cc1C. The number of benzene rings is 2. The molecule has 1 N–H and O–H groups in total. The van der Waals surface area contributed by atoms with Crippen LogP contribution in [0.2, 0.25) is 5.02 Å². The van der Waals surface area contributed by atoms with E-state index in [1.807, 2.05) is 31.2 Å². The van der Waals surface area contributed by atoms with Crippen LogP contribution in [0, 0.1) is 13.8 Å². The van der Waals surface area contributed by atoms with E-state index in [2.05, 4.69) is 37.4 Å². The number of rotatable bonds is 6. The quantitative estimate of drug-likeness (QED) is 0.717. The van der Waals surface area contributed by atoms with Gasteiger partial charge in [0.25, 0.3) is 0 Å². The van der Waals surface area contributed by atoms with Crippen molar-refractivity contribution in [3.05, 3.63) is 64.2 Å². The van der Waals surface area contributed by atoms with E-state index in [1.165, 1.54) is 11.1 Å². The summed E-state index contributed by atoms with van der Waals surface area (Å²) in [6, 6.07) is 14.0. The van der Waals surface area contributed by atoms with Gasteiger partial charge in [-0.3, -0.25) is 4.79 Å². The maximum Gasteiger partial charge on any atom is 0.221 e. The van der Waals surface area contributed by atoms with Crippen molar-refractivity contribution in [1.82, 2.24) is 5.32 Å². The van der Waals surface area contributed by atoms with Crippen LogP contribution in [0.25, 0.3) is 0 Å². The molecule has 0 unspecified atom stereocenters. The number of amides is 1. The van der Waals surface area contributed by atoms with E-state index in [0.717, 1.165) is 21.2 Å². The first kappa shape index (κ1) is 17.9. The molecule has 0 bridgehead atoms. The first-order valence-corrected chi connectivity index (χ1v) is 9.07. The summed E-state index contributed by atoms with van der Waals surface area (Å²) in [5.74, 6) is 0.838. The zero-order chi connectivity index (χ0) is 16.8. The Morgan fingerprint density at radius 2 is 1.83 bits per heavy atom. The average Bonchev–Trinajstić information content (AvgIpc) is 2.52. The van der Waals surface area contributed by atoms with Gasteiger partial charge in [0.15, 0.2) is 0 Å².